The van der Waals surface area contributed by atoms with E-state index in [0.717, 1.165) is 26.9 Å². The number of nitrogens with zero attached hydrogens (tertiary/aromatic N) is 3. The summed E-state index contributed by atoms with van der Waals surface area (Å²) >= 11 is 15.8. The Hall–Kier alpha value is -2.67. The summed E-state index contributed by atoms with van der Waals surface area (Å²) < 4.78 is 2.58. The minimum Gasteiger partial charge on any atom is -0.319 e. The smallest absolute Gasteiger partial charge is 0.295 e. The van der Waals surface area contributed by atoms with E-state index in [0.29, 0.717) is 21.6 Å². The first-order valence-corrected chi connectivity index (χ1v) is 10.9. The molecule has 31 heavy (non-hydrogen) atoms. The third-order valence-corrected chi connectivity index (χ3v) is 5.76. The summed E-state index contributed by atoms with van der Waals surface area (Å²) in [4.78, 5) is 17.5. The topological polar surface area (TPSA) is 59.8 Å². The molecule has 8 heteroatoms. The van der Waals surface area contributed by atoms with Crippen molar-refractivity contribution >= 4 is 50.7 Å². The molecule has 1 amide bonds. The number of aryl methyl sites for hydroxylation is 2. The van der Waals surface area contributed by atoms with Gasteiger partial charge in [-0.15, -0.1) is 5.10 Å². The first-order chi connectivity index (χ1) is 14.8. The first-order valence-electron chi connectivity index (χ1n) is 9.39. The molecule has 0 saturated carbocycles. The lowest BCUT2D eigenvalue weighted by molar-refractivity contribution is 0.101. The van der Waals surface area contributed by atoms with Gasteiger partial charge in [0.15, 0.2) is 5.82 Å². The van der Waals surface area contributed by atoms with Crippen LogP contribution in [0.15, 0.2) is 65.1 Å². The van der Waals surface area contributed by atoms with Crippen molar-refractivity contribution in [2.45, 2.75) is 13.8 Å². The van der Waals surface area contributed by atoms with Crippen molar-refractivity contribution in [3.8, 4) is 17.1 Å². The number of carbonyl (C=O) groups excluding carboxylic acids is 1. The van der Waals surface area contributed by atoms with Gasteiger partial charge in [-0.25, -0.2) is 9.67 Å². The van der Waals surface area contributed by atoms with Crippen molar-refractivity contribution in [3.05, 3.63) is 92.1 Å². The van der Waals surface area contributed by atoms with Crippen LogP contribution in [0.5, 0.6) is 0 Å². The van der Waals surface area contributed by atoms with E-state index in [1.165, 1.54) is 0 Å². The van der Waals surface area contributed by atoms with Gasteiger partial charge in [0.1, 0.15) is 0 Å². The number of hydrogen-bond donors (Lipinski definition) is 1. The molecule has 0 saturated heterocycles. The molecule has 4 aromatic rings. The number of rotatable bonds is 4. The Morgan fingerprint density at radius 3 is 2.29 bits per heavy atom. The normalized spacial score (nSPS) is 10.9. The standard InChI is InChI=1S/C23H17BrCl2N4O/c1-13-3-9-17(25)11-19(13)27-23(31)21-28-22(15-5-7-16(24)8-6-15)30(29-21)20-12-18(26)10-4-14(20)2/h3-12H,1-2H3,(H,27,31). The van der Waals surface area contributed by atoms with Crippen LogP contribution in [0.25, 0.3) is 17.1 Å². The Bertz CT molecular complexity index is 1290. The summed E-state index contributed by atoms with van der Waals surface area (Å²) in [5.41, 5.74) is 4.00. The molecule has 4 rings (SSSR count). The molecule has 0 bridgehead atoms. The van der Waals surface area contributed by atoms with Crippen molar-refractivity contribution in [1.82, 2.24) is 14.8 Å². The van der Waals surface area contributed by atoms with E-state index < -0.39 is 5.91 Å². The van der Waals surface area contributed by atoms with Crippen molar-refractivity contribution in [2.75, 3.05) is 5.32 Å². The molecule has 0 aliphatic heterocycles. The summed E-state index contributed by atoms with van der Waals surface area (Å²) in [6.45, 7) is 3.84. The van der Waals surface area contributed by atoms with Gasteiger partial charge < -0.3 is 5.32 Å². The lowest BCUT2D eigenvalue weighted by atomic mass is 10.2. The molecule has 0 radical (unpaired) electrons. The predicted octanol–water partition coefficient (Wildman–Crippen LogP) is 6.87. The molecule has 5 nitrogen and oxygen atoms in total. The van der Waals surface area contributed by atoms with Crippen LogP contribution in [0.3, 0.4) is 0 Å². The maximum Gasteiger partial charge on any atom is 0.295 e. The molecule has 0 aliphatic rings. The molecule has 0 atom stereocenters. The number of hydrogen-bond acceptors (Lipinski definition) is 3. The second kappa shape index (κ2) is 8.83. The number of anilines is 1. The van der Waals surface area contributed by atoms with Gasteiger partial charge in [0, 0.05) is 25.8 Å². The van der Waals surface area contributed by atoms with Crippen LogP contribution in [-0.4, -0.2) is 20.7 Å². The van der Waals surface area contributed by atoms with E-state index in [9.17, 15) is 4.79 Å². The molecule has 3 aromatic carbocycles. The van der Waals surface area contributed by atoms with E-state index in [4.69, 9.17) is 23.2 Å². The van der Waals surface area contributed by atoms with Crippen molar-refractivity contribution < 1.29 is 4.79 Å². The third kappa shape index (κ3) is 4.66. The summed E-state index contributed by atoms with van der Waals surface area (Å²) in [6, 6.07) is 18.5. The molecule has 0 unspecified atom stereocenters. The zero-order chi connectivity index (χ0) is 22.1. The highest BCUT2D eigenvalue weighted by atomic mass is 79.9. The Morgan fingerprint density at radius 2 is 1.58 bits per heavy atom. The van der Waals surface area contributed by atoms with Crippen LogP contribution < -0.4 is 5.32 Å². The molecular weight excluding hydrogens is 499 g/mol. The van der Waals surface area contributed by atoms with Crippen molar-refractivity contribution in [1.29, 1.82) is 0 Å². The highest BCUT2D eigenvalue weighted by molar-refractivity contribution is 9.10. The molecule has 0 fully saturated rings. The van der Waals surface area contributed by atoms with Gasteiger partial charge in [0.25, 0.3) is 5.91 Å². The predicted molar refractivity (Wildman–Crippen MR) is 128 cm³/mol. The van der Waals surface area contributed by atoms with Gasteiger partial charge in [-0.1, -0.05) is 63.4 Å². The molecular formula is C23H17BrCl2N4O. The largest absolute Gasteiger partial charge is 0.319 e. The number of aromatic nitrogens is 3. The number of halogens is 3. The summed E-state index contributed by atoms with van der Waals surface area (Å²) in [5.74, 6) is 0.143. The molecule has 1 N–H and O–H groups in total. The quantitative estimate of drug-likeness (QED) is 0.322. The second-order valence-corrected chi connectivity index (χ2v) is 8.81. The van der Waals surface area contributed by atoms with Crippen LogP contribution in [0.1, 0.15) is 21.7 Å². The zero-order valence-electron chi connectivity index (χ0n) is 16.7. The highest BCUT2D eigenvalue weighted by Crippen LogP contribution is 2.27. The van der Waals surface area contributed by atoms with Gasteiger partial charge in [-0.05, 0) is 61.4 Å². The van der Waals surface area contributed by atoms with E-state index in [-0.39, 0.29) is 5.82 Å². The fourth-order valence-electron chi connectivity index (χ4n) is 3.08. The Morgan fingerprint density at radius 1 is 0.935 bits per heavy atom. The van der Waals surface area contributed by atoms with Gasteiger partial charge in [-0.2, -0.15) is 0 Å². The van der Waals surface area contributed by atoms with Crippen molar-refractivity contribution in [3.63, 3.8) is 0 Å². The molecule has 0 spiro atoms. The van der Waals surface area contributed by atoms with E-state index in [2.05, 4.69) is 31.3 Å². The SMILES string of the molecule is Cc1ccc(Cl)cc1NC(=O)c1nc(-c2ccc(Br)cc2)n(-c2cc(Cl)ccc2C)n1. The van der Waals surface area contributed by atoms with Crippen LogP contribution in [0, 0.1) is 13.8 Å². The minimum absolute atomic E-state index is 0.0386. The highest BCUT2D eigenvalue weighted by Gasteiger charge is 2.20. The maximum absolute atomic E-state index is 13.0. The average molecular weight is 516 g/mol. The van der Waals surface area contributed by atoms with Crippen molar-refractivity contribution in [2.24, 2.45) is 0 Å². The molecule has 1 heterocycles. The first kappa shape index (κ1) is 21.6. The number of nitrogens with one attached hydrogen (secondary N) is 1. The Kier molecular flexibility index (Phi) is 6.14. The lowest BCUT2D eigenvalue weighted by Crippen LogP contribution is -2.15. The van der Waals surface area contributed by atoms with Gasteiger partial charge in [-0.3, -0.25) is 4.79 Å². The zero-order valence-corrected chi connectivity index (χ0v) is 19.8. The van der Waals surface area contributed by atoms with Gasteiger partial charge >= 0.3 is 0 Å². The Labute approximate surface area is 198 Å². The third-order valence-electron chi connectivity index (χ3n) is 4.76. The van der Waals surface area contributed by atoms with Crippen LogP contribution in [-0.2, 0) is 0 Å². The van der Waals surface area contributed by atoms with Crippen LogP contribution >= 0.6 is 39.1 Å². The minimum atomic E-state index is -0.429. The molecule has 1 aromatic heterocycles. The second-order valence-electron chi connectivity index (χ2n) is 7.02. The Balaban J connectivity index is 1.81. The maximum atomic E-state index is 13.0. The van der Waals surface area contributed by atoms with E-state index in [1.807, 2.05) is 56.3 Å². The summed E-state index contributed by atoms with van der Waals surface area (Å²) in [5, 5.41) is 8.47. The number of carbonyl (C=O) groups is 1. The lowest BCUT2D eigenvalue weighted by Gasteiger charge is -2.09. The van der Waals surface area contributed by atoms with E-state index >= 15 is 0 Å². The van der Waals surface area contributed by atoms with Crippen LogP contribution in [0.2, 0.25) is 10.0 Å². The average Bonchev–Trinajstić information content (AvgIpc) is 3.18. The fourth-order valence-corrected chi connectivity index (χ4v) is 3.68. The summed E-state index contributed by atoms with van der Waals surface area (Å²) in [7, 11) is 0. The monoisotopic (exact) mass is 514 g/mol. The number of amides is 1. The van der Waals surface area contributed by atoms with Gasteiger partial charge in [0.2, 0.25) is 5.82 Å². The number of benzene rings is 3. The fraction of sp³-hybridized carbons (Fsp3) is 0.0870. The summed E-state index contributed by atoms with van der Waals surface area (Å²) in [6.07, 6.45) is 0. The molecule has 0 aliphatic carbocycles. The van der Waals surface area contributed by atoms with Gasteiger partial charge in [0.05, 0.1) is 5.69 Å². The molecule has 156 valence electrons. The van der Waals surface area contributed by atoms with Crippen LogP contribution in [0.4, 0.5) is 5.69 Å². The van der Waals surface area contributed by atoms with E-state index in [1.54, 1.807) is 22.9 Å².